The molecule has 1 amide bonds. The van der Waals surface area contributed by atoms with Crippen molar-refractivity contribution in [2.24, 2.45) is 7.05 Å². The summed E-state index contributed by atoms with van der Waals surface area (Å²) in [5, 5.41) is 0.431. The SMILES string of the molecule is Cn1cccc(C(=O)N2CCC(Oc3ncc(Cl)cn3)C2)c1=O. The first-order valence-corrected chi connectivity index (χ1v) is 7.51. The molecule has 8 heteroatoms. The number of ether oxygens (including phenoxy) is 1. The van der Waals surface area contributed by atoms with Crippen LogP contribution < -0.4 is 10.3 Å². The summed E-state index contributed by atoms with van der Waals surface area (Å²) in [7, 11) is 1.62. The van der Waals surface area contributed by atoms with Crippen LogP contribution in [0.2, 0.25) is 5.02 Å². The molecule has 0 bridgehead atoms. The largest absolute Gasteiger partial charge is 0.458 e. The van der Waals surface area contributed by atoms with Crippen molar-refractivity contribution in [3.05, 3.63) is 51.7 Å². The van der Waals surface area contributed by atoms with Crippen molar-refractivity contribution in [3.63, 3.8) is 0 Å². The summed E-state index contributed by atoms with van der Waals surface area (Å²) in [6.07, 6.45) is 4.98. The summed E-state index contributed by atoms with van der Waals surface area (Å²) < 4.78 is 7.03. The minimum absolute atomic E-state index is 0.165. The average Bonchev–Trinajstić information content (AvgIpc) is 3.00. The summed E-state index contributed by atoms with van der Waals surface area (Å²) in [6.45, 7) is 0.915. The average molecular weight is 335 g/mol. The molecule has 0 aliphatic carbocycles. The lowest BCUT2D eigenvalue weighted by atomic mass is 10.2. The number of likely N-dealkylation sites (tertiary alicyclic amines) is 1. The minimum Gasteiger partial charge on any atom is -0.458 e. The molecule has 3 heterocycles. The van der Waals surface area contributed by atoms with E-state index >= 15 is 0 Å². The highest BCUT2D eigenvalue weighted by molar-refractivity contribution is 6.30. The van der Waals surface area contributed by atoms with E-state index in [1.807, 2.05) is 0 Å². The second-order valence-electron chi connectivity index (χ2n) is 5.30. The standard InChI is InChI=1S/C15H15ClN4O3/c1-19-5-2-3-12(13(19)21)14(22)20-6-4-11(9-20)23-15-17-7-10(16)8-18-15/h2-3,5,7-8,11H,4,6,9H2,1H3. The van der Waals surface area contributed by atoms with E-state index in [1.54, 1.807) is 30.3 Å². The molecule has 0 saturated carbocycles. The molecule has 2 aromatic rings. The van der Waals surface area contributed by atoms with Crippen LogP contribution in [0.4, 0.5) is 0 Å². The fourth-order valence-corrected chi connectivity index (χ4v) is 2.55. The lowest BCUT2D eigenvalue weighted by Gasteiger charge is -2.16. The molecule has 1 fully saturated rings. The van der Waals surface area contributed by atoms with Gasteiger partial charge in [-0.3, -0.25) is 9.59 Å². The molecule has 1 saturated heterocycles. The van der Waals surface area contributed by atoms with Gasteiger partial charge in [0.1, 0.15) is 11.7 Å². The number of aryl methyl sites for hydroxylation is 1. The Kier molecular flexibility index (Phi) is 4.29. The van der Waals surface area contributed by atoms with E-state index in [-0.39, 0.29) is 29.1 Å². The predicted molar refractivity (Wildman–Crippen MR) is 83.7 cm³/mol. The molecule has 1 unspecified atom stereocenters. The molecule has 23 heavy (non-hydrogen) atoms. The molecule has 0 radical (unpaired) electrons. The van der Waals surface area contributed by atoms with Gasteiger partial charge in [-0.05, 0) is 12.1 Å². The van der Waals surface area contributed by atoms with E-state index < -0.39 is 0 Å². The first kappa shape index (κ1) is 15.5. The molecule has 3 rings (SSSR count). The second kappa shape index (κ2) is 6.37. The molecule has 1 aliphatic rings. The van der Waals surface area contributed by atoms with E-state index in [9.17, 15) is 9.59 Å². The molecule has 120 valence electrons. The Balaban J connectivity index is 1.67. The maximum atomic E-state index is 12.5. The number of hydrogen-bond acceptors (Lipinski definition) is 5. The van der Waals surface area contributed by atoms with Crippen LogP contribution in [0.15, 0.2) is 35.5 Å². The highest BCUT2D eigenvalue weighted by Gasteiger charge is 2.30. The van der Waals surface area contributed by atoms with Gasteiger partial charge in [-0.15, -0.1) is 0 Å². The molecule has 1 atom stereocenters. The van der Waals surface area contributed by atoms with Crippen molar-refractivity contribution < 1.29 is 9.53 Å². The lowest BCUT2D eigenvalue weighted by molar-refractivity contribution is 0.0767. The third-order valence-corrected chi connectivity index (χ3v) is 3.85. The summed E-state index contributed by atoms with van der Waals surface area (Å²) in [4.78, 5) is 34.0. The van der Waals surface area contributed by atoms with E-state index in [4.69, 9.17) is 16.3 Å². The monoisotopic (exact) mass is 334 g/mol. The summed E-state index contributed by atoms with van der Waals surface area (Å²) in [6, 6.07) is 3.45. The maximum Gasteiger partial charge on any atom is 0.316 e. The van der Waals surface area contributed by atoms with Crippen LogP contribution in [0, 0.1) is 0 Å². The number of hydrogen-bond donors (Lipinski definition) is 0. The zero-order chi connectivity index (χ0) is 16.4. The highest BCUT2D eigenvalue weighted by Crippen LogP contribution is 2.17. The fourth-order valence-electron chi connectivity index (χ4n) is 2.45. The molecule has 7 nitrogen and oxygen atoms in total. The van der Waals surface area contributed by atoms with Crippen molar-refractivity contribution >= 4 is 17.5 Å². The number of nitrogens with zero attached hydrogens (tertiary/aromatic N) is 4. The van der Waals surface area contributed by atoms with E-state index in [0.29, 0.717) is 24.5 Å². The Morgan fingerprint density at radius 1 is 1.39 bits per heavy atom. The third-order valence-electron chi connectivity index (χ3n) is 3.65. The number of rotatable bonds is 3. The summed E-state index contributed by atoms with van der Waals surface area (Å²) in [5.74, 6) is -0.283. The number of aromatic nitrogens is 3. The minimum atomic E-state index is -0.303. The number of amides is 1. The fraction of sp³-hybridized carbons (Fsp3) is 0.333. The van der Waals surface area contributed by atoms with Crippen LogP contribution in [0.1, 0.15) is 16.8 Å². The van der Waals surface area contributed by atoms with Gasteiger partial charge >= 0.3 is 6.01 Å². The van der Waals surface area contributed by atoms with Crippen LogP contribution in [0.25, 0.3) is 0 Å². The van der Waals surface area contributed by atoms with Crippen LogP contribution in [-0.4, -0.2) is 44.5 Å². The van der Waals surface area contributed by atoms with Gasteiger partial charge in [0.05, 0.1) is 24.0 Å². The van der Waals surface area contributed by atoms with Crippen LogP contribution >= 0.6 is 11.6 Å². The summed E-state index contributed by atoms with van der Waals surface area (Å²) >= 11 is 5.72. The highest BCUT2D eigenvalue weighted by atomic mass is 35.5. The van der Waals surface area contributed by atoms with E-state index in [0.717, 1.165) is 0 Å². The Bertz CT molecular complexity index is 775. The quantitative estimate of drug-likeness (QED) is 0.840. The van der Waals surface area contributed by atoms with Crippen molar-refractivity contribution in [1.82, 2.24) is 19.4 Å². The zero-order valence-corrected chi connectivity index (χ0v) is 13.2. The van der Waals surface area contributed by atoms with Gasteiger partial charge in [0.2, 0.25) is 0 Å². The maximum absolute atomic E-state index is 12.5. The van der Waals surface area contributed by atoms with Gasteiger partial charge in [0.25, 0.3) is 11.5 Å². The van der Waals surface area contributed by atoms with Crippen LogP contribution in [0.5, 0.6) is 6.01 Å². The van der Waals surface area contributed by atoms with E-state index in [1.165, 1.54) is 17.0 Å². The van der Waals surface area contributed by atoms with Gasteiger partial charge in [0, 0.05) is 26.2 Å². The van der Waals surface area contributed by atoms with Gasteiger partial charge in [-0.25, -0.2) is 9.97 Å². The molecular weight excluding hydrogens is 320 g/mol. The van der Waals surface area contributed by atoms with E-state index in [2.05, 4.69) is 9.97 Å². The Morgan fingerprint density at radius 2 is 2.13 bits per heavy atom. The molecule has 1 aliphatic heterocycles. The van der Waals surface area contributed by atoms with Crippen LogP contribution in [-0.2, 0) is 7.05 Å². The van der Waals surface area contributed by atoms with Gasteiger partial charge < -0.3 is 14.2 Å². The van der Waals surface area contributed by atoms with Crippen molar-refractivity contribution in [2.75, 3.05) is 13.1 Å². The molecule has 0 N–H and O–H groups in total. The number of carbonyl (C=O) groups excluding carboxylic acids is 1. The number of pyridine rings is 1. The normalized spacial score (nSPS) is 17.3. The van der Waals surface area contributed by atoms with Crippen molar-refractivity contribution in [3.8, 4) is 6.01 Å². The molecule has 0 spiro atoms. The Hall–Kier alpha value is -2.41. The third kappa shape index (κ3) is 3.34. The van der Waals surface area contributed by atoms with Crippen molar-refractivity contribution in [2.45, 2.75) is 12.5 Å². The Labute approximate surface area is 137 Å². The predicted octanol–water partition coefficient (Wildman–Crippen LogP) is 1.12. The van der Waals surface area contributed by atoms with Crippen molar-refractivity contribution in [1.29, 1.82) is 0 Å². The zero-order valence-electron chi connectivity index (χ0n) is 12.5. The van der Waals surface area contributed by atoms with Gasteiger partial charge in [0.15, 0.2) is 0 Å². The second-order valence-corrected chi connectivity index (χ2v) is 5.74. The Morgan fingerprint density at radius 3 is 2.87 bits per heavy atom. The number of halogens is 1. The first-order chi connectivity index (χ1) is 11.0. The van der Waals surface area contributed by atoms with Gasteiger partial charge in [-0.2, -0.15) is 0 Å². The topological polar surface area (TPSA) is 77.3 Å². The molecule has 0 aromatic carbocycles. The molecular formula is C15H15ClN4O3. The summed E-state index contributed by atoms with van der Waals surface area (Å²) in [5.41, 5.74) is -0.138. The van der Waals surface area contributed by atoms with Crippen LogP contribution in [0.3, 0.4) is 0 Å². The lowest BCUT2D eigenvalue weighted by Crippen LogP contribution is -2.35. The smallest absolute Gasteiger partial charge is 0.316 e. The molecule has 2 aromatic heterocycles. The number of carbonyl (C=O) groups is 1. The first-order valence-electron chi connectivity index (χ1n) is 7.13. The van der Waals surface area contributed by atoms with Gasteiger partial charge in [-0.1, -0.05) is 11.6 Å².